The molecular weight excluding hydrogens is 148 g/mol. The first-order valence-corrected chi connectivity index (χ1v) is 5.39. The first-order chi connectivity index (χ1) is 5.77. The molecule has 1 heterocycles. The van der Waals surface area contributed by atoms with E-state index in [-0.39, 0.29) is 0 Å². The molecule has 1 rings (SSSR count). The second kappa shape index (κ2) is 4.86. The smallest absolute Gasteiger partial charge is 0.0603 e. The Bertz CT molecular complexity index is 122. The molecule has 0 amide bonds. The monoisotopic (exact) mass is 170 g/mol. The number of hydrogen-bond acceptors (Lipinski definition) is 1. The number of rotatable bonds is 3. The molecule has 12 heavy (non-hydrogen) atoms. The molecule has 0 bridgehead atoms. The van der Waals surface area contributed by atoms with Crippen LogP contribution in [0.25, 0.3) is 0 Å². The zero-order chi connectivity index (χ0) is 8.97. The van der Waals surface area contributed by atoms with E-state index in [9.17, 15) is 0 Å². The Morgan fingerprint density at radius 3 is 2.67 bits per heavy atom. The van der Waals surface area contributed by atoms with E-state index in [0.29, 0.717) is 6.10 Å². The van der Waals surface area contributed by atoms with Crippen LogP contribution in [0.3, 0.4) is 0 Å². The highest BCUT2D eigenvalue weighted by atomic mass is 16.5. The van der Waals surface area contributed by atoms with Gasteiger partial charge >= 0.3 is 0 Å². The SMILES string of the molecule is CCCC1OCC(C)CC1CC. The van der Waals surface area contributed by atoms with Gasteiger partial charge in [-0.1, -0.05) is 33.6 Å². The van der Waals surface area contributed by atoms with E-state index in [4.69, 9.17) is 4.74 Å². The number of ether oxygens (including phenoxy) is 1. The molecule has 0 spiro atoms. The molecule has 1 saturated heterocycles. The van der Waals surface area contributed by atoms with Crippen molar-refractivity contribution in [3.63, 3.8) is 0 Å². The zero-order valence-corrected chi connectivity index (χ0v) is 8.68. The van der Waals surface area contributed by atoms with E-state index in [0.717, 1.165) is 18.4 Å². The summed E-state index contributed by atoms with van der Waals surface area (Å²) in [5, 5.41) is 0. The number of hydrogen-bond donors (Lipinski definition) is 0. The van der Waals surface area contributed by atoms with Crippen LogP contribution in [-0.4, -0.2) is 12.7 Å². The first kappa shape index (κ1) is 10.0. The molecule has 72 valence electrons. The van der Waals surface area contributed by atoms with Crippen LogP contribution in [0.15, 0.2) is 0 Å². The molecule has 0 N–H and O–H groups in total. The Labute approximate surface area is 76.5 Å². The molecule has 3 unspecified atom stereocenters. The predicted molar refractivity (Wildman–Crippen MR) is 52.2 cm³/mol. The second-order valence-electron chi connectivity index (χ2n) is 4.17. The quantitative estimate of drug-likeness (QED) is 0.632. The summed E-state index contributed by atoms with van der Waals surface area (Å²) in [4.78, 5) is 0. The molecular formula is C11H22O. The summed E-state index contributed by atoms with van der Waals surface area (Å²) in [5.74, 6) is 1.61. The van der Waals surface area contributed by atoms with Crippen LogP contribution in [0.1, 0.15) is 46.5 Å². The van der Waals surface area contributed by atoms with E-state index >= 15 is 0 Å². The molecule has 0 radical (unpaired) electrons. The van der Waals surface area contributed by atoms with Gasteiger partial charge in [0.05, 0.1) is 6.10 Å². The van der Waals surface area contributed by atoms with E-state index in [1.165, 1.54) is 25.7 Å². The lowest BCUT2D eigenvalue weighted by Crippen LogP contribution is -2.33. The van der Waals surface area contributed by atoms with Crippen molar-refractivity contribution in [3.05, 3.63) is 0 Å². The van der Waals surface area contributed by atoms with Crippen molar-refractivity contribution in [2.24, 2.45) is 11.8 Å². The largest absolute Gasteiger partial charge is 0.378 e. The third kappa shape index (κ3) is 2.48. The average Bonchev–Trinajstić information content (AvgIpc) is 2.08. The maximum atomic E-state index is 5.83. The van der Waals surface area contributed by atoms with Gasteiger partial charge in [0.1, 0.15) is 0 Å². The summed E-state index contributed by atoms with van der Waals surface area (Å²) in [6, 6.07) is 0. The third-order valence-electron chi connectivity index (χ3n) is 2.92. The van der Waals surface area contributed by atoms with Gasteiger partial charge in [-0.2, -0.15) is 0 Å². The first-order valence-electron chi connectivity index (χ1n) is 5.39. The Kier molecular flexibility index (Phi) is 4.07. The molecule has 1 fully saturated rings. The fraction of sp³-hybridized carbons (Fsp3) is 1.00. The summed E-state index contributed by atoms with van der Waals surface area (Å²) in [7, 11) is 0. The average molecular weight is 170 g/mol. The van der Waals surface area contributed by atoms with Crippen LogP contribution in [-0.2, 0) is 4.74 Å². The van der Waals surface area contributed by atoms with Gasteiger partial charge in [0.2, 0.25) is 0 Å². The Balaban J connectivity index is 2.39. The van der Waals surface area contributed by atoms with Crippen LogP contribution in [0.2, 0.25) is 0 Å². The van der Waals surface area contributed by atoms with Crippen LogP contribution in [0, 0.1) is 11.8 Å². The van der Waals surface area contributed by atoms with Gasteiger partial charge in [-0.15, -0.1) is 0 Å². The van der Waals surface area contributed by atoms with E-state index in [1.54, 1.807) is 0 Å². The third-order valence-corrected chi connectivity index (χ3v) is 2.92. The highest BCUT2D eigenvalue weighted by molar-refractivity contribution is 4.76. The van der Waals surface area contributed by atoms with Gasteiger partial charge in [0.25, 0.3) is 0 Å². The van der Waals surface area contributed by atoms with Crippen LogP contribution in [0.5, 0.6) is 0 Å². The Morgan fingerprint density at radius 1 is 1.33 bits per heavy atom. The van der Waals surface area contributed by atoms with Crippen molar-refractivity contribution in [2.75, 3.05) is 6.61 Å². The normalized spacial score (nSPS) is 36.8. The van der Waals surface area contributed by atoms with Gasteiger partial charge < -0.3 is 4.74 Å². The highest BCUT2D eigenvalue weighted by Gasteiger charge is 2.26. The predicted octanol–water partition coefficient (Wildman–Crippen LogP) is 3.24. The van der Waals surface area contributed by atoms with Gasteiger partial charge in [-0.25, -0.2) is 0 Å². The lowest BCUT2D eigenvalue weighted by Gasteiger charge is -2.34. The Hall–Kier alpha value is -0.0400. The van der Waals surface area contributed by atoms with E-state index < -0.39 is 0 Å². The van der Waals surface area contributed by atoms with Crippen molar-refractivity contribution in [2.45, 2.75) is 52.6 Å². The van der Waals surface area contributed by atoms with Crippen molar-refractivity contribution in [1.82, 2.24) is 0 Å². The molecule has 1 nitrogen and oxygen atoms in total. The van der Waals surface area contributed by atoms with Crippen molar-refractivity contribution in [1.29, 1.82) is 0 Å². The van der Waals surface area contributed by atoms with Gasteiger partial charge in [-0.05, 0) is 24.7 Å². The van der Waals surface area contributed by atoms with Crippen molar-refractivity contribution < 1.29 is 4.74 Å². The Morgan fingerprint density at radius 2 is 2.08 bits per heavy atom. The highest BCUT2D eigenvalue weighted by Crippen LogP contribution is 2.29. The molecule has 1 heteroatoms. The fourth-order valence-corrected chi connectivity index (χ4v) is 2.19. The van der Waals surface area contributed by atoms with Crippen LogP contribution in [0.4, 0.5) is 0 Å². The second-order valence-corrected chi connectivity index (χ2v) is 4.17. The summed E-state index contributed by atoms with van der Waals surface area (Å²) >= 11 is 0. The van der Waals surface area contributed by atoms with Crippen molar-refractivity contribution in [3.8, 4) is 0 Å². The standard InChI is InChI=1S/C11H22O/c1-4-6-11-10(5-2)7-9(3)8-12-11/h9-11H,4-8H2,1-3H3. The minimum atomic E-state index is 0.566. The molecule has 1 aliphatic heterocycles. The summed E-state index contributed by atoms with van der Waals surface area (Å²) in [6.07, 6.45) is 5.74. The van der Waals surface area contributed by atoms with Gasteiger partial charge in [0, 0.05) is 6.61 Å². The summed E-state index contributed by atoms with van der Waals surface area (Å²) in [5.41, 5.74) is 0. The fourth-order valence-electron chi connectivity index (χ4n) is 2.19. The summed E-state index contributed by atoms with van der Waals surface area (Å²) in [6.45, 7) is 7.81. The molecule has 1 aliphatic rings. The van der Waals surface area contributed by atoms with Crippen LogP contribution >= 0.6 is 0 Å². The topological polar surface area (TPSA) is 9.23 Å². The van der Waals surface area contributed by atoms with E-state index in [2.05, 4.69) is 20.8 Å². The molecule has 0 aromatic carbocycles. The van der Waals surface area contributed by atoms with Crippen LogP contribution < -0.4 is 0 Å². The lowest BCUT2D eigenvalue weighted by molar-refractivity contribution is -0.0569. The molecule has 0 saturated carbocycles. The molecule has 3 atom stereocenters. The lowest BCUT2D eigenvalue weighted by atomic mass is 9.85. The van der Waals surface area contributed by atoms with Gasteiger partial charge in [0.15, 0.2) is 0 Å². The maximum Gasteiger partial charge on any atom is 0.0603 e. The minimum Gasteiger partial charge on any atom is -0.378 e. The minimum absolute atomic E-state index is 0.566. The zero-order valence-electron chi connectivity index (χ0n) is 8.68. The maximum absolute atomic E-state index is 5.83. The molecule has 0 aromatic rings. The summed E-state index contributed by atoms with van der Waals surface area (Å²) < 4.78 is 5.83. The van der Waals surface area contributed by atoms with Gasteiger partial charge in [-0.3, -0.25) is 0 Å². The molecule has 0 aliphatic carbocycles. The van der Waals surface area contributed by atoms with E-state index in [1.807, 2.05) is 0 Å². The molecule has 0 aromatic heterocycles. The van der Waals surface area contributed by atoms with Crippen molar-refractivity contribution >= 4 is 0 Å².